The van der Waals surface area contributed by atoms with Crippen LogP contribution >= 0.6 is 33.9 Å². The Labute approximate surface area is 117 Å². The van der Waals surface area contributed by atoms with E-state index in [-0.39, 0.29) is 5.91 Å². The number of hydrogen-bond donors (Lipinski definition) is 2. The molecule has 0 unspecified atom stereocenters. The lowest BCUT2D eigenvalue weighted by Crippen LogP contribution is -2.11. The molecule has 1 aromatic heterocycles. The lowest BCUT2D eigenvalue weighted by atomic mass is 10.2. The minimum atomic E-state index is -0.0810. The summed E-state index contributed by atoms with van der Waals surface area (Å²) in [5, 5.41) is 6.57. The van der Waals surface area contributed by atoms with Gasteiger partial charge in [0.2, 0.25) is 0 Å². The molecule has 0 saturated heterocycles. The molecule has 0 aliphatic heterocycles. The second-order valence-corrected chi connectivity index (χ2v) is 5.42. The molecule has 3 nitrogen and oxygen atoms in total. The molecule has 1 aromatic carbocycles. The number of carbonyl (C=O) groups is 1. The standard InChI is InChI=1S/C12H11IN2OS/c13-11-5-10(2-1-8(11)6-14)15-12(16)9-3-4-17-7-9/h1-5,7H,6,14H2,(H,15,16). The zero-order chi connectivity index (χ0) is 12.3. The maximum Gasteiger partial charge on any atom is 0.256 e. The van der Waals surface area contributed by atoms with Gasteiger partial charge >= 0.3 is 0 Å². The van der Waals surface area contributed by atoms with E-state index >= 15 is 0 Å². The van der Waals surface area contributed by atoms with E-state index in [4.69, 9.17) is 5.73 Å². The summed E-state index contributed by atoms with van der Waals surface area (Å²) in [7, 11) is 0. The molecule has 0 aliphatic rings. The van der Waals surface area contributed by atoms with Crippen molar-refractivity contribution in [2.45, 2.75) is 6.54 Å². The Morgan fingerprint density at radius 3 is 2.82 bits per heavy atom. The number of nitrogens with one attached hydrogen (secondary N) is 1. The Morgan fingerprint density at radius 2 is 2.24 bits per heavy atom. The van der Waals surface area contributed by atoms with E-state index in [0.717, 1.165) is 14.8 Å². The first-order chi connectivity index (χ1) is 8.20. The summed E-state index contributed by atoms with van der Waals surface area (Å²) < 4.78 is 1.06. The van der Waals surface area contributed by atoms with Gasteiger partial charge in [-0.25, -0.2) is 0 Å². The third-order valence-electron chi connectivity index (χ3n) is 2.31. The van der Waals surface area contributed by atoms with Crippen LogP contribution in [0.25, 0.3) is 0 Å². The Hall–Kier alpha value is -0.920. The lowest BCUT2D eigenvalue weighted by Gasteiger charge is -2.07. The summed E-state index contributed by atoms with van der Waals surface area (Å²) in [5.74, 6) is -0.0810. The molecule has 0 aliphatic carbocycles. The van der Waals surface area contributed by atoms with Crippen molar-refractivity contribution in [3.05, 3.63) is 49.7 Å². The topological polar surface area (TPSA) is 55.1 Å². The van der Waals surface area contributed by atoms with Gasteiger partial charge < -0.3 is 11.1 Å². The average Bonchev–Trinajstić information content (AvgIpc) is 2.82. The summed E-state index contributed by atoms with van der Waals surface area (Å²) in [6.07, 6.45) is 0. The van der Waals surface area contributed by atoms with E-state index in [0.29, 0.717) is 12.1 Å². The lowest BCUT2D eigenvalue weighted by molar-refractivity contribution is 0.102. The van der Waals surface area contributed by atoms with Crippen molar-refractivity contribution < 1.29 is 4.79 Å². The normalized spacial score (nSPS) is 10.2. The molecule has 0 bridgehead atoms. The van der Waals surface area contributed by atoms with Crippen LogP contribution in [0.4, 0.5) is 5.69 Å². The van der Waals surface area contributed by atoms with Gasteiger partial charge in [0.25, 0.3) is 5.91 Å². The third-order valence-corrected chi connectivity index (χ3v) is 4.00. The van der Waals surface area contributed by atoms with Crippen molar-refractivity contribution in [2.24, 2.45) is 5.73 Å². The van der Waals surface area contributed by atoms with Gasteiger partial charge in [-0.15, -0.1) is 0 Å². The molecule has 0 saturated carbocycles. The van der Waals surface area contributed by atoms with Crippen LogP contribution in [0.5, 0.6) is 0 Å². The zero-order valence-electron chi connectivity index (χ0n) is 8.94. The highest BCUT2D eigenvalue weighted by Gasteiger charge is 2.07. The van der Waals surface area contributed by atoms with Gasteiger partial charge in [0.05, 0.1) is 5.56 Å². The quantitative estimate of drug-likeness (QED) is 0.829. The Balaban J connectivity index is 2.14. The molecule has 2 rings (SSSR count). The van der Waals surface area contributed by atoms with Crippen LogP contribution in [0, 0.1) is 3.57 Å². The average molecular weight is 358 g/mol. The third kappa shape index (κ3) is 3.05. The van der Waals surface area contributed by atoms with E-state index < -0.39 is 0 Å². The number of benzene rings is 1. The van der Waals surface area contributed by atoms with E-state index in [1.165, 1.54) is 11.3 Å². The molecule has 3 N–H and O–H groups in total. The monoisotopic (exact) mass is 358 g/mol. The highest BCUT2D eigenvalue weighted by atomic mass is 127. The van der Waals surface area contributed by atoms with E-state index in [9.17, 15) is 4.79 Å². The van der Waals surface area contributed by atoms with Crippen molar-refractivity contribution in [1.29, 1.82) is 0 Å². The Kier molecular flexibility index (Phi) is 4.14. The summed E-state index contributed by atoms with van der Waals surface area (Å²) in [6, 6.07) is 7.53. The maximum atomic E-state index is 11.8. The van der Waals surface area contributed by atoms with Crippen molar-refractivity contribution in [2.75, 3.05) is 5.32 Å². The van der Waals surface area contributed by atoms with Crippen LogP contribution in [0.2, 0.25) is 0 Å². The zero-order valence-corrected chi connectivity index (χ0v) is 11.9. The second kappa shape index (κ2) is 5.61. The van der Waals surface area contributed by atoms with Gasteiger partial charge in [-0.1, -0.05) is 6.07 Å². The number of hydrogen-bond acceptors (Lipinski definition) is 3. The number of halogens is 1. The van der Waals surface area contributed by atoms with E-state index in [1.807, 2.05) is 29.0 Å². The van der Waals surface area contributed by atoms with Crippen LogP contribution in [0.15, 0.2) is 35.0 Å². The molecule has 0 fully saturated rings. The molecular weight excluding hydrogens is 347 g/mol. The van der Waals surface area contributed by atoms with Gasteiger partial charge in [-0.05, 0) is 51.7 Å². The van der Waals surface area contributed by atoms with Crippen LogP contribution in [0.1, 0.15) is 15.9 Å². The molecule has 2 aromatic rings. The summed E-state index contributed by atoms with van der Waals surface area (Å²) in [5.41, 5.74) is 8.15. The van der Waals surface area contributed by atoms with Crippen molar-refractivity contribution in [1.82, 2.24) is 0 Å². The molecular formula is C12H11IN2OS. The Bertz CT molecular complexity index is 525. The molecule has 1 amide bonds. The van der Waals surface area contributed by atoms with Gasteiger partial charge in [-0.2, -0.15) is 11.3 Å². The molecule has 88 valence electrons. The minimum Gasteiger partial charge on any atom is -0.326 e. The SMILES string of the molecule is NCc1ccc(NC(=O)c2ccsc2)cc1I. The second-order valence-electron chi connectivity index (χ2n) is 3.48. The summed E-state index contributed by atoms with van der Waals surface area (Å²) >= 11 is 3.73. The van der Waals surface area contributed by atoms with Gasteiger partial charge in [0.1, 0.15) is 0 Å². The van der Waals surface area contributed by atoms with Crippen molar-refractivity contribution in [3.63, 3.8) is 0 Å². The van der Waals surface area contributed by atoms with E-state index in [1.54, 1.807) is 6.07 Å². The first-order valence-electron chi connectivity index (χ1n) is 5.03. The number of thiophene rings is 1. The van der Waals surface area contributed by atoms with Crippen LogP contribution in [-0.4, -0.2) is 5.91 Å². The van der Waals surface area contributed by atoms with Gasteiger partial charge in [0.15, 0.2) is 0 Å². The van der Waals surface area contributed by atoms with Gasteiger partial charge in [0, 0.05) is 21.2 Å². The van der Waals surface area contributed by atoms with Crippen LogP contribution in [0.3, 0.4) is 0 Å². The predicted molar refractivity (Wildman–Crippen MR) is 79.3 cm³/mol. The number of amides is 1. The molecule has 0 spiro atoms. The molecule has 17 heavy (non-hydrogen) atoms. The fourth-order valence-corrected chi connectivity index (χ4v) is 2.76. The number of rotatable bonds is 3. The predicted octanol–water partition coefficient (Wildman–Crippen LogP) is 3.06. The van der Waals surface area contributed by atoms with E-state index in [2.05, 4.69) is 27.9 Å². The highest BCUT2D eigenvalue weighted by molar-refractivity contribution is 14.1. The summed E-state index contributed by atoms with van der Waals surface area (Å²) in [6.45, 7) is 0.511. The maximum absolute atomic E-state index is 11.8. The number of anilines is 1. The highest BCUT2D eigenvalue weighted by Crippen LogP contribution is 2.18. The first kappa shape index (κ1) is 12.5. The molecule has 0 atom stereocenters. The molecule has 0 radical (unpaired) electrons. The number of nitrogens with two attached hydrogens (primary N) is 1. The van der Waals surface area contributed by atoms with Gasteiger partial charge in [-0.3, -0.25) is 4.79 Å². The van der Waals surface area contributed by atoms with Crippen LogP contribution < -0.4 is 11.1 Å². The Morgan fingerprint density at radius 1 is 1.41 bits per heavy atom. The smallest absolute Gasteiger partial charge is 0.256 e. The van der Waals surface area contributed by atoms with Crippen molar-refractivity contribution >= 4 is 45.5 Å². The molecule has 5 heteroatoms. The minimum absolute atomic E-state index is 0.0810. The fraction of sp³-hybridized carbons (Fsp3) is 0.0833. The van der Waals surface area contributed by atoms with Crippen molar-refractivity contribution in [3.8, 4) is 0 Å². The first-order valence-corrected chi connectivity index (χ1v) is 7.05. The molecule has 1 heterocycles. The van der Waals surface area contributed by atoms with Crippen LogP contribution in [-0.2, 0) is 6.54 Å². The summed E-state index contributed by atoms with van der Waals surface area (Å²) in [4.78, 5) is 11.8. The number of carbonyl (C=O) groups excluding carboxylic acids is 1. The fourth-order valence-electron chi connectivity index (χ4n) is 1.39. The largest absolute Gasteiger partial charge is 0.326 e.